The average molecular weight is 351 g/mol. The van der Waals surface area contributed by atoms with Gasteiger partial charge in [0.1, 0.15) is 0 Å². The average Bonchev–Trinajstić information content (AvgIpc) is 2.61. The van der Waals surface area contributed by atoms with E-state index in [9.17, 15) is 9.59 Å². The quantitative estimate of drug-likeness (QED) is 0.903. The van der Waals surface area contributed by atoms with Gasteiger partial charge in [-0.05, 0) is 37.4 Å². The van der Waals surface area contributed by atoms with Crippen LogP contribution < -0.4 is 11.3 Å². The Hall–Kier alpha value is -1.92. The molecule has 0 bridgehead atoms. The van der Waals surface area contributed by atoms with Gasteiger partial charge in [-0.25, -0.2) is 4.98 Å². The first kappa shape index (κ1) is 18.4. The fourth-order valence-corrected chi connectivity index (χ4v) is 3.06. The highest BCUT2D eigenvalue weighted by Crippen LogP contribution is 2.16. The van der Waals surface area contributed by atoms with Gasteiger partial charge in [0, 0.05) is 26.1 Å². The number of nitrogens with two attached hydrogens (primary N) is 1. The van der Waals surface area contributed by atoms with E-state index in [1.807, 2.05) is 23.1 Å². The minimum atomic E-state index is -0.0924. The van der Waals surface area contributed by atoms with Gasteiger partial charge in [0.25, 0.3) is 5.56 Å². The summed E-state index contributed by atoms with van der Waals surface area (Å²) in [7, 11) is 0. The van der Waals surface area contributed by atoms with Crippen molar-refractivity contribution in [1.82, 2.24) is 14.5 Å². The number of aromatic nitrogens is 2. The number of hydrogen-bond acceptors (Lipinski definition) is 4. The van der Waals surface area contributed by atoms with Gasteiger partial charge in [0.15, 0.2) is 0 Å². The lowest BCUT2D eigenvalue weighted by molar-refractivity contribution is -0.132. The van der Waals surface area contributed by atoms with Gasteiger partial charge in [-0.15, -0.1) is 12.4 Å². The van der Waals surface area contributed by atoms with Crippen molar-refractivity contribution in [2.45, 2.75) is 25.8 Å². The standard InChI is InChI=1S/C17H22N4O2.ClH/c18-11-13-5-8-20(9-6-13)16(22)7-10-21-12-19-15-4-2-1-3-14(15)17(21)23;/h1-4,12-13H,5-11,18H2;1H. The van der Waals surface area contributed by atoms with E-state index in [2.05, 4.69) is 4.98 Å². The lowest BCUT2D eigenvalue weighted by atomic mass is 9.97. The maximum Gasteiger partial charge on any atom is 0.261 e. The molecule has 7 heteroatoms. The third-order valence-electron chi connectivity index (χ3n) is 4.60. The van der Waals surface area contributed by atoms with Crippen LogP contribution in [-0.4, -0.2) is 40.0 Å². The van der Waals surface area contributed by atoms with Crippen molar-refractivity contribution in [3.05, 3.63) is 40.9 Å². The number of carbonyl (C=O) groups excluding carboxylic acids is 1. The topological polar surface area (TPSA) is 81.2 Å². The van der Waals surface area contributed by atoms with E-state index in [4.69, 9.17) is 5.73 Å². The first-order valence-electron chi connectivity index (χ1n) is 8.11. The Morgan fingerprint density at radius 3 is 2.67 bits per heavy atom. The number of carbonyl (C=O) groups is 1. The summed E-state index contributed by atoms with van der Waals surface area (Å²) < 4.78 is 1.52. The predicted octanol–water partition coefficient (Wildman–Crippen LogP) is 1.41. The number of aryl methyl sites for hydroxylation is 1. The van der Waals surface area contributed by atoms with Crippen LogP contribution in [-0.2, 0) is 11.3 Å². The number of fused-ring (bicyclic) bond motifs is 1. The summed E-state index contributed by atoms with van der Waals surface area (Å²) >= 11 is 0. The van der Waals surface area contributed by atoms with Gasteiger partial charge < -0.3 is 10.6 Å². The number of benzene rings is 1. The smallest absolute Gasteiger partial charge is 0.261 e. The number of nitrogens with zero attached hydrogens (tertiary/aromatic N) is 3. The number of hydrogen-bond donors (Lipinski definition) is 1. The molecule has 2 heterocycles. The summed E-state index contributed by atoms with van der Waals surface area (Å²) in [5.41, 5.74) is 6.26. The monoisotopic (exact) mass is 350 g/mol. The van der Waals surface area contributed by atoms with Crippen LogP contribution in [0.4, 0.5) is 0 Å². The van der Waals surface area contributed by atoms with Crippen molar-refractivity contribution in [1.29, 1.82) is 0 Å². The highest BCUT2D eigenvalue weighted by atomic mass is 35.5. The Balaban J connectivity index is 0.00000208. The van der Waals surface area contributed by atoms with Crippen molar-refractivity contribution in [3.8, 4) is 0 Å². The molecule has 24 heavy (non-hydrogen) atoms. The first-order chi connectivity index (χ1) is 11.2. The lowest BCUT2D eigenvalue weighted by Gasteiger charge is -2.31. The van der Waals surface area contributed by atoms with Crippen molar-refractivity contribution in [2.24, 2.45) is 11.7 Å². The van der Waals surface area contributed by atoms with E-state index >= 15 is 0 Å². The van der Waals surface area contributed by atoms with E-state index in [1.54, 1.807) is 6.07 Å². The molecule has 0 unspecified atom stereocenters. The number of halogens is 1. The third kappa shape index (κ3) is 3.94. The fraction of sp³-hybridized carbons (Fsp3) is 0.471. The second-order valence-corrected chi connectivity index (χ2v) is 6.07. The van der Waals surface area contributed by atoms with Crippen molar-refractivity contribution >= 4 is 29.2 Å². The number of para-hydroxylation sites is 1. The van der Waals surface area contributed by atoms with E-state index in [1.165, 1.54) is 10.9 Å². The molecule has 3 rings (SSSR count). The summed E-state index contributed by atoms with van der Waals surface area (Å²) in [6, 6.07) is 7.25. The van der Waals surface area contributed by atoms with E-state index in [-0.39, 0.29) is 23.9 Å². The maximum atomic E-state index is 12.4. The molecule has 1 aromatic heterocycles. The summed E-state index contributed by atoms with van der Waals surface area (Å²) in [5, 5.41) is 0.589. The van der Waals surface area contributed by atoms with E-state index in [0.29, 0.717) is 36.3 Å². The van der Waals surface area contributed by atoms with Gasteiger partial charge in [0.05, 0.1) is 17.2 Å². The Labute approximate surface area is 147 Å². The summed E-state index contributed by atoms with van der Waals surface area (Å²) in [6.07, 6.45) is 3.80. The second-order valence-electron chi connectivity index (χ2n) is 6.07. The molecule has 0 spiro atoms. The van der Waals surface area contributed by atoms with Crippen molar-refractivity contribution < 1.29 is 4.79 Å². The normalized spacial score (nSPS) is 15.3. The summed E-state index contributed by atoms with van der Waals surface area (Å²) in [4.78, 5) is 30.8. The highest BCUT2D eigenvalue weighted by molar-refractivity contribution is 5.85. The molecule has 2 aromatic rings. The minimum absolute atomic E-state index is 0. The molecule has 1 amide bonds. The number of likely N-dealkylation sites (tertiary alicyclic amines) is 1. The van der Waals surface area contributed by atoms with Crippen LogP contribution in [0.5, 0.6) is 0 Å². The minimum Gasteiger partial charge on any atom is -0.343 e. The number of piperidine rings is 1. The van der Waals surface area contributed by atoms with Crippen molar-refractivity contribution in [2.75, 3.05) is 19.6 Å². The largest absolute Gasteiger partial charge is 0.343 e. The van der Waals surface area contributed by atoms with Gasteiger partial charge >= 0.3 is 0 Å². The summed E-state index contributed by atoms with van der Waals surface area (Å²) in [5.74, 6) is 0.631. The van der Waals surface area contributed by atoms with Gasteiger partial charge in [-0.2, -0.15) is 0 Å². The van der Waals surface area contributed by atoms with Crippen LogP contribution in [0.2, 0.25) is 0 Å². The second kappa shape index (κ2) is 8.26. The molecule has 0 aliphatic carbocycles. The Bertz CT molecular complexity index is 754. The van der Waals surface area contributed by atoms with Crippen LogP contribution in [0, 0.1) is 5.92 Å². The SMILES string of the molecule is Cl.NCC1CCN(C(=O)CCn2cnc3ccccc3c2=O)CC1. The molecular formula is C17H23ClN4O2. The van der Waals surface area contributed by atoms with Gasteiger partial charge in [-0.1, -0.05) is 12.1 Å². The predicted molar refractivity (Wildman–Crippen MR) is 96.2 cm³/mol. The van der Waals surface area contributed by atoms with E-state index < -0.39 is 0 Å². The molecule has 1 aliphatic rings. The molecule has 1 aromatic carbocycles. The number of rotatable bonds is 4. The van der Waals surface area contributed by atoms with Crippen LogP contribution in [0.15, 0.2) is 35.4 Å². The zero-order valence-corrected chi connectivity index (χ0v) is 14.4. The molecule has 2 N–H and O–H groups in total. The molecule has 130 valence electrons. The highest BCUT2D eigenvalue weighted by Gasteiger charge is 2.21. The molecule has 6 nitrogen and oxygen atoms in total. The Morgan fingerprint density at radius 2 is 1.96 bits per heavy atom. The lowest BCUT2D eigenvalue weighted by Crippen LogP contribution is -2.40. The van der Waals surface area contributed by atoms with Crippen molar-refractivity contribution in [3.63, 3.8) is 0 Å². The van der Waals surface area contributed by atoms with E-state index in [0.717, 1.165) is 25.9 Å². The molecule has 1 fully saturated rings. The van der Waals surface area contributed by atoms with Crippen LogP contribution in [0.25, 0.3) is 10.9 Å². The molecule has 1 saturated heterocycles. The molecule has 0 atom stereocenters. The van der Waals surface area contributed by atoms with Crippen LogP contribution in [0.3, 0.4) is 0 Å². The molecule has 1 aliphatic heterocycles. The Kier molecular flexibility index (Phi) is 6.34. The zero-order chi connectivity index (χ0) is 16.2. The van der Waals surface area contributed by atoms with Gasteiger partial charge in [-0.3, -0.25) is 14.2 Å². The molecular weight excluding hydrogens is 328 g/mol. The first-order valence-corrected chi connectivity index (χ1v) is 8.11. The molecule has 0 radical (unpaired) electrons. The third-order valence-corrected chi connectivity index (χ3v) is 4.60. The zero-order valence-electron chi connectivity index (χ0n) is 13.6. The molecule has 0 saturated carbocycles. The van der Waals surface area contributed by atoms with Crippen LogP contribution in [0.1, 0.15) is 19.3 Å². The van der Waals surface area contributed by atoms with Crippen LogP contribution >= 0.6 is 12.4 Å². The van der Waals surface area contributed by atoms with Gasteiger partial charge in [0.2, 0.25) is 5.91 Å². The number of amides is 1. The maximum absolute atomic E-state index is 12.4. The summed E-state index contributed by atoms with van der Waals surface area (Å²) in [6.45, 7) is 2.60. The Morgan fingerprint density at radius 1 is 1.25 bits per heavy atom. The fourth-order valence-electron chi connectivity index (χ4n) is 3.06.